The number of aryl methyl sites for hydroxylation is 1. The number of hydrogen-bond acceptors (Lipinski definition) is 3. The molecule has 0 unspecified atom stereocenters. The lowest BCUT2D eigenvalue weighted by Crippen LogP contribution is -2.46. The van der Waals surface area contributed by atoms with E-state index in [1.165, 1.54) is 12.0 Å². The van der Waals surface area contributed by atoms with Gasteiger partial charge >= 0.3 is 0 Å². The summed E-state index contributed by atoms with van der Waals surface area (Å²) in [5.74, 6) is 2.02. The van der Waals surface area contributed by atoms with Crippen LogP contribution in [0.15, 0.2) is 66.7 Å². The summed E-state index contributed by atoms with van der Waals surface area (Å²) in [5.41, 5.74) is 2.11. The van der Waals surface area contributed by atoms with Gasteiger partial charge in [0.25, 0.3) is 5.91 Å². The van der Waals surface area contributed by atoms with Crippen LogP contribution in [0.3, 0.4) is 0 Å². The minimum absolute atomic E-state index is 0.0389. The largest absolute Gasteiger partial charge is 0.494 e. The van der Waals surface area contributed by atoms with Crippen LogP contribution in [0.5, 0.6) is 5.75 Å². The second kappa shape index (κ2) is 11.8. The van der Waals surface area contributed by atoms with Crippen LogP contribution in [-0.4, -0.2) is 54.4 Å². The molecule has 0 radical (unpaired) electrons. The lowest BCUT2D eigenvalue weighted by atomic mass is 9.88. The van der Waals surface area contributed by atoms with Crippen molar-refractivity contribution in [1.82, 2.24) is 9.80 Å². The van der Waals surface area contributed by atoms with Gasteiger partial charge in [-0.2, -0.15) is 0 Å². The number of carbonyl (C=O) groups is 2. The van der Waals surface area contributed by atoms with Crippen LogP contribution < -0.4 is 4.74 Å². The average molecular weight is 499 g/mol. The van der Waals surface area contributed by atoms with Crippen molar-refractivity contribution >= 4 is 22.6 Å². The topological polar surface area (TPSA) is 49.9 Å². The van der Waals surface area contributed by atoms with E-state index < -0.39 is 0 Å². The van der Waals surface area contributed by atoms with Gasteiger partial charge in [0, 0.05) is 37.7 Å². The Kier molecular flexibility index (Phi) is 8.08. The van der Waals surface area contributed by atoms with Gasteiger partial charge in [-0.25, -0.2) is 0 Å². The zero-order chi connectivity index (χ0) is 25.6. The van der Waals surface area contributed by atoms with Crippen molar-refractivity contribution in [1.29, 1.82) is 0 Å². The molecule has 2 amide bonds. The minimum Gasteiger partial charge on any atom is -0.494 e. The first-order valence-electron chi connectivity index (χ1n) is 13.9. The number of carbonyl (C=O) groups excluding carboxylic acids is 2. The fourth-order valence-corrected chi connectivity index (χ4v) is 5.90. The lowest BCUT2D eigenvalue weighted by molar-refractivity contribution is -0.138. The average Bonchev–Trinajstić information content (AvgIpc) is 2.96. The van der Waals surface area contributed by atoms with Crippen LogP contribution in [0.1, 0.15) is 54.9 Å². The molecule has 0 saturated carbocycles. The Morgan fingerprint density at radius 3 is 2.22 bits per heavy atom. The SMILES string of the molecule is CCOc1ccc(CCC2CCN(C(=O)C3CCN(C(=O)c4cccc5ccccc45)CC3)CC2)cc1. The van der Waals surface area contributed by atoms with Gasteiger partial charge in [-0.3, -0.25) is 9.59 Å². The number of nitrogens with zero attached hydrogens (tertiary/aromatic N) is 2. The Morgan fingerprint density at radius 1 is 0.811 bits per heavy atom. The number of rotatable bonds is 7. The van der Waals surface area contributed by atoms with Gasteiger partial charge in [0.2, 0.25) is 5.91 Å². The zero-order valence-corrected chi connectivity index (χ0v) is 21.9. The molecule has 0 N–H and O–H groups in total. The van der Waals surface area contributed by atoms with Gasteiger partial charge in [-0.05, 0) is 85.9 Å². The van der Waals surface area contributed by atoms with Gasteiger partial charge in [-0.15, -0.1) is 0 Å². The summed E-state index contributed by atoms with van der Waals surface area (Å²) in [6, 6.07) is 22.4. The molecular weight excluding hydrogens is 460 g/mol. The smallest absolute Gasteiger partial charge is 0.254 e. The highest BCUT2D eigenvalue weighted by Gasteiger charge is 2.32. The van der Waals surface area contributed by atoms with Crippen LogP contribution in [0.25, 0.3) is 10.8 Å². The molecule has 0 aliphatic carbocycles. The molecule has 5 heteroatoms. The highest BCUT2D eigenvalue weighted by atomic mass is 16.5. The van der Waals surface area contributed by atoms with Crippen LogP contribution in [0.2, 0.25) is 0 Å². The third-order valence-electron chi connectivity index (χ3n) is 8.15. The Hall–Kier alpha value is -3.34. The molecule has 194 valence electrons. The molecule has 5 nitrogen and oxygen atoms in total. The van der Waals surface area contributed by atoms with Crippen molar-refractivity contribution in [3.8, 4) is 5.75 Å². The second-order valence-electron chi connectivity index (χ2n) is 10.5. The number of fused-ring (bicyclic) bond motifs is 1. The number of benzene rings is 3. The molecule has 37 heavy (non-hydrogen) atoms. The van der Waals surface area contributed by atoms with Gasteiger partial charge in [0.15, 0.2) is 0 Å². The molecule has 2 fully saturated rings. The summed E-state index contributed by atoms with van der Waals surface area (Å²) in [5, 5.41) is 2.08. The monoisotopic (exact) mass is 498 g/mol. The van der Waals surface area contributed by atoms with Crippen LogP contribution >= 0.6 is 0 Å². The standard InChI is InChI=1S/C32H38N2O3/c1-2-37-28-14-12-24(13-15-28)10-11-25-16-20-33(21-17-25)31(35)27-18-22-34(23-19-27)32(36)30-9-5-7-26-6-3-4-8-29(26)30/h3-9,12-15,25,27H,2,10-11,16-23H2,1H3. The molecule has 2 heterocycles. The summed E-state index contributed by atoms with van der Waals surface area (Å²) in [7, 11) is 0. The molecule has 0 aromatic heterocycles. The van der Waals surface area contributed by atoms with Gasteiger partial charge in [0.05, 0.1) is 6.61 Å². The number of ether oxygens (including phenoxy) is 1. The zero-order valence-electron chi connectivity index (χ0n) is 21.9. The lowest BCUT2D eigenvalue weighted by Gasteiger charge is -2.37. The maximum Gasteiger partial charge on any atom is 0.254 e. The van der Waals surface area contributed by atoms with Crippen LogP contribution in [0, 0.1) is 11.8 Å². The Morgan fingerprint density at radius 2 is 1.49 bits per heavy atom. The number of likely N-dealkylation sites (tertiary alicyclic amines) is 2. The first-order chi connectivity index (χ1) is 18.1. The number of piperidine rings is 2. The first kappa shape index (κ1) is 25.3. The third-order valence-corrected chi connectivity index (χ3v) is 8.15. The highest BCUT2D eigenvalue weighted by molar-refractivity contribution is 6.07. The van der Waals surface area contributed by atoms with Crippen molar-refractivity contribution in [3.05, 3.63) is 77.9 Å². The van der Waals surface area contributed by atoms with Gasteiger partial charge in [-0.1, -0.05) is 48.5 Å². The van der Waals surface area contributed by atoms with Crippen molar-refractivity contribution in [2.45, 2.75) is 45.4 Å². The fraction of sp³-hybridized carbons (Fsp3) is 0.438. The molecule has 3 aromatic carbocycles. The van der Waals surface area contributed by atoms with E-state index in [4.69, 9.17) is 4.74 Å². The van der Waals surface area contributed by atoms with E-state index in [0.717, 1.165) is 67.3 Å². The highest BCUT2D eigenvalue weighted by Crippen LogP contribution is 2.28. The second-order valence-corrected chi connectivity index (χ2v) is 10.5. The Balaban J connectivity index is 1.07. The molecule has 0 atom stereocenters. The predicted octanol–water partition coefficient (Wildman–Crippen LogP) is 5.96. The van der Waals surface area contributed by atoms with Crippen LogP contribution in [0.4, 0.5) is 0 Å². The van der Waals surface area contributed by atoms with E-state index >= 15 is 0 Å². The summed E-state index contributed by atoms with van der Waals surface area (Å²) < 4.78 is 5.54. The quantitative estimate of drug-likeness (QED) is 0.404. The van der Waals surface area contributed by atoms with E-state index in [2.05, 4.69) is 29.2 Å². The molecule has 0 bridgehead atoms. The first-order valence-corrected chi connectivity index (χ1v) is 13.9. The fourth-order valence-electron chi connectivity index (χ4n) is 5.90. The van der Waals surface area contributed by atoms with Crippen molar-refractivity contribution in [2.75, 3.05) is 32.8 Å². The molecule has 3 aromatic rings. The van der Waals surface area contributed by atoms with Crippen molar-refractivity contribution in [2.24, 2.45) is 11.8 Å². The minimum atomic E-state index is 0.0389. The van der Waals surface area contributed by atoms with Gasteiger partial charge < -0.3 is 14.5 Å². The van der Waals surface area contributed by atoms with Crippen LogP contribution in [-0.2, 0) is 11.2 Å². The number of amides is 2. The number of hydrogen-bond donors (Lipinski definition) is 0. The van der Waals surface area contributed by atoms with E-state index in [1.54, 1.807) is 0 Å². The third kappa shape index (κ3) is 5.98. The van der Waals surface area contributed by atoms with E-state index in [9.17, 15) is 9.59 Å². The normalized spacial score (nSPS) is 17.2. The Labute approximate surface area is 220 Å². The van der Waals surface area contributed by atoms with E-state index in [0.29, 0.717) is 31.5 Å². The summed E-state index contributed by atoms with van der Waals surface area (Å²) in [6.45, 7) is 5.72. The van der Waals surface area contributed by atoms with Gasteiger partial charge in [0.1, 0.15) is 5.75 Å². The summed E-state index contributed by atoms with van der Waals surface area (Å²) in [6.07, 6.45) is 5.93. The summed E-state index contributed by atoms with van der Waals surface area (Å²) >= 11 is 0. The predicted molar refractivity (Wildman–Crippen MR) is 148 cm³/mol. The molecule has 0 spiro atoms. The summed E-state index contributed by atoms with van der Waals surface area (Å²) in [4.78, 5) is 30.5. The van der Waals surface area contributed by atoms with Crippen molar-refractivity contribution in [3.63, 3.8) is 0 Å². The van der Waals surface area contributed by atoms with E-state index in [-0.39, 0.29) is 11.8 Å². The molecular formula is C32H38N2O3. The molecule has 2 aliphatic rings. The van der Waals surface area contributed by atoms with Crippen molar-refractivity contribution < 1.29 is 14.3 Å². The maximum absolute atomic E-state index is 13.3. The Bertz CT molecular complexity index is 1200. The maximum atomic E-state index is 13.3. The molecule has 5 rings (SSSR count). The van der Waals surface area contributed by atoms with E-state index in [1.807, 2.05) is 54.3 Å². The molecule has 2 aliphatic heterocycles. The molecule has 2 saturated heterocycles.